The molecule has 1 unspecified atom stereocenters. The van der Waals surface area contributed by atoms with Crippen molar-refractivity contribution in [3.05, 3.63) is 34.9 Å². The molecule has 1 aromatic rings. The molecule has 18 heavy (non-hydrogen) atoms. The maximum Gasteiger partial charge on any atom is 0.137 e. The first-order chi connectivity index (χ1) is 8.65. The summed E-state index contributed by atoms with van der Waals surface area (Å²) >= 11 is 0. The smallest absolute Gasteiger partial charge is 0.137 e. The molecule has 1 aliphatic heterocycles. The minimum Gasteiger partial charge on any atom is -0.316 e. The molecular formula is C16H23NO. The lowest BCUT2D eigenvalue weighted by Crippen LogP contribution is -2.31. The Morgan fingerprint density at radius 1 is 1.39 bits per heavy atom. The van der Waals surface area contributed by atoms with Crippen LogP contribution in [0.15, 0.2) is 18.2 Å². The highest BCUT2D eigenvalue weighted by Gasteiger charge is 2.17. The summed E-state index contributed by atoms with van der Waals surface area (Å²) in [5, 5.41) is 3.37. The predicted octanol–water partition coefficient (Wildman–Crippen LogP) is 2.80. The van der Waals surface area contributed by atoms with Gasteiger partial charge in [-0.25, -0.2) is 0 Å². The van der Waals surface area contributed by atoms with Crippen LogP contribution in [-0.4, -0.2) is 18.9 Å². The summed E-state index contributed by atoms with van der Waals surface area (Å²) in [5.74, 6) is 0.939. The van der Waals surface area contributed by atoms with E-state index in [1.165, 1.54) is 29.5 Å². The molecule has 2 rings (SSSR count). The number of benzene rings is 1. The Bertz CT molecular complexity index is 419. The first kappa shape index (κ1) is 13.3. The van der Waals surface area contributed by atoms with E-state index in [0.717, 1.165) is 19.5 Å². The van der Waals surface area contributed by atoms with E-state index >= 15 is 0 Å². The van der Waals surface area contributed by atoms with Crippen LogP contribution < -0.4 is 5.32 Å². The number of aryl methyl sites for hydroxylation is 2. The summed E-state index contributed by atoms with van der Waals surface area (Å²) in [6.45, 7) is 6.29. The molecule has 1 atom stereocenters. The summed E-state index contributed by atoms with van der Waals surface area (Å²) in [6.07, 6.45) is 3.75. The summed E-state index contributed by atoms with van der Waals surface area (Å²) in [5.41, 5.74) is 3.67. The van der Waals surface area contributed by atoms with E-state index in [-0.39, 0.29) is 0 Å². The molecule has 1 N–H and O–H groups in total. The minimum atomic E-state index is 0.386. The van der Waals surface area contributed by atoms with Crippen molar-refractivity contribution in [2.75, 3.05) is 13.1 Å². The van der Waals surface area contributed by atoms with Crippen LogP contribution in [-0.2, 0) is 11.2 Å². The van der Waals surface area contributed by atoms with E-state index in [4.69, 9.17) is 0 Å². The van der Waals surface area contributed by atoms with Crippen LogP contribution in [0.5, 0.6) is 0 Å². The number of hydrogen-bond donors (Lipinski definition) is 1. The van der Waals surface area contributed by atoms with Crippen LogP contribution in [0.3, 0.4) is 0 Å². The van der Waals surface area contributed by atoms with Crippen molar-refractivity contribution < 1.29 is 4.79 Å². The predicted molar refractivity (Wildman–Crippen MR) is 74.8 cm³/mol. The fourth-order valence-electron chi connectivity index (χ4n) is 2.70. The Labute approximate surface area is 110 Å². The fraction of sp³-hybridized carbons (Fsp3) is 0.562. The number of piperidine rings is 1. The molecule has 1 fully saturated rings. The molecule has 1 saturated heterocycles. The number of carbonyl (C=O) groups is 1. The van der Waals surface area contributed by atoms with Crippen molar-refractivity contribution in [3.63, 3.8) is 0 Å². The molecule has 1 aromatic carbocycles. The SMILES string of the molecule is Cc1ccc(C)c(CC(=O)CC2CCCNC2)c1. The molecule has 0 amide bonds. The van der Waals surface area contributed by atoms with Crippen LogP contribution in [0.4, 0.5) is 0 Å². The minimum absolute atomic E-state index is 0.386. The molecule has 1 aliphatic rings. The highest BCUT2D eigenvalue weighted by molar-refractivity contribution is 5.81. The van der Waals surface area contributed by atoms with E-state index < -0.39 is 0 Å². The topological polar surface area (TPSA) is 29.1 Å². The Balaban J connectivity index is 1.92. The van der Waals surface area contributed by atoms with Gasteiger partial charge in [0.1, 0.15) is 5.78 Å². The average Bonchev–Trinajstić information content (AvgIpc) is 2.35. The van der Waals surface area contributed by atoms with E-state index in [0.29, 0.717) is 18.1 Å². The van der Waals surface area contributed by atoms with Gasteiger partial charge in [0.2, 0.25) is 0 Å². The van der Waals surface area contributed by atoms with Gasteiger partial charge in [-0.1, -0.05) is 23.8 Å². The standard InChI is InChI=1S/C16H23NO/c1-12-5-6-13(2)15(8-12)10-16(18)9-14-4-3-7-17-11-14/h5-6,8,14,17H,3-4,7,9-11H2,1-2H3. The Kier molecular flexibility index (Phi) is 4.54. The molecule has 0 aromatic heterocycles. The number of rotatable bonds is 4. The largest absolute Gasteiger partial charge is 0.316 e. The van der Waals surface area contributed by atoms with Gasteiger partial charge in [-0.05, 0) is 56.8 Å². The number of Topliss-reactive ketones (excluding diaryl/α,β-unsaturated/α-hetero) is 1. The third-order valence-corrected chi connectivity index (χ3v) is 3.81. The second-order valence-corrected chi connectivity index (χ2v) is 5.56. The third kappa shape index (κ3) is 3.67. The zero-order valence-electron chi connectivity index (χ0n) is 11.5. The Morgan fingerprint density at radius 3 is 2.94 bits per heavy atom. The molecule has 2 nitrogen and oxygen atoms in total. The quantitative estimate of drug-likeness (QED) is 0.883. The van der Waals surface area contributed by atoms with Crippen molar-refractivity contribution in [1.29, 1.82) is 0 Å². The fourth-order valence-corrected chi connectivity index (χ4v) is 2.70. The van der Waals surface area contributed by atoms with Gasteiger partial charge in [-0.2, -0.15) is 0 Å². The van der Waals surface area contributed by atoms with Crippen LogP contribution >= 0.6 is 0 Å². The zero-order chi connectivity index (χ0) is 13.0. The van der Waals surface area contributed by atoms with Gasteiger partial charge in [-0.15, -0.1) is 0 Å². The highest BCUT2D eigenvalue weighted by atomic mass is 16.1. The first-order valence-electron chi connectivity index (χ1n) is 6.93. The highest BCUT2D eigenvalue weighted by Crippen LogP contribution is 2.17. The first-order valence-corrected chi connectivity index (χ1v) is 6.93. The van der Waals surface area contributed by atoms with Gasteiger partial charge >= 0.3 is 0 Å². The Morgan fingerprint density at radius 2 is 2.22 bits per heavy atom. The van der Waals surface area contributed by atoms with Crippen LogP contribution in [0.1, 0.15) is 36.0 Å². The average molecular weight is 245 g/mol. The van der Waals surface area contributed by atoms with Crippen molar-refractivity contribution in [2.45, 2.75) is 39.5 Å². The van der Waals surface area contributed by atoms with Gasteiger partial charge in [0, 0.05) is 12.8 Å². The lowest BCUT2D eigenvalue weighted by molar-refractivity contribution is -0.119. The molecule has 1 heterocycles. The second kappa shape index (κ2) is 6.14. The lowest BCUT2D eigenvalue weighted by Gasteiger charge is -2.22. The van der Waals surface area contributed by atoms with Gasteiger partial charge < -0.3 is 5.32 Å². The summed E-state index contributed by atoms with van der Waals surface area (Å²) < 4.78 is 0. The normalized spacial score (nSPS) is 19.8. The van der Waals surface area contributed by atoms with E-state index in [1.807, 2.05) is 0 Å². The molecule has 0 spiro atoms. The zero-order valence-corrected chi connectivity index (χ0v) is 11.5. The summed E-state index contributed by atoms with van der Waals surface area (Å²) in [6, 6.07) is 6.36. The van der Waals surface area contributed by atoms with Crippen LogP contribution in [0.25, 0.3) is 0 Å². The molecule has 98 valence electrons. The molecule has 2 heteroatoms. The van der Waals surface area contributed by atoms with Gasteiger partial charge in [0.25, 0.3) is 0 Å². The monoisotopic (exact) mass is 245 g/mol. The maximum atomic E-state index is 12.1. The van der Waals surface area contributed by atoms with Gasteiger partial charge in [0.15, 0.2) is 0 Å². The molecule has 0 aliphatic carbocycles. The van der Waals surface area contributed by atoms with Crippen molar-refractivity contribution >= 4 is 5.78 Å². The molecular weight excluding hydrogens is 222 g/mol. The van der Waals surface area contributed by atoms with Crippen molar-refractivity contribution in [2.24, 2.45) is 5.92 Å². The molecule has 0 bridgehead atoms. The van der Waals surface area contributed by atoms with E-state index in [2.05, 4.69) is 37.4 Å². The van der Waals surface area contributed by atoms with Crippen molar-refractivity contribution in [3.8, 4) is 0 Å². The number of carbonyl (C=O) groups excluding carboxylic acids is 1. The van der Waals surface area contributed by atoms with E-state index in [9.17, 15) is 4.79 Å². The molecule has 0 saturated carbocycles. The van der Waals surface area contributed by atoms with Gasteiger partial charge in [-0.3, -0.25) is 4.79 Å². The van der Waals surface area contributed by atoms with Crippen molar-refractivity contribution in [1.82, 2.24) is 5.32 Å². The summed E-state index contributed by atoms with van der Waals surface area (Å²) in [7, 11) is 0. The number of ketones is 1. The third-order valence-electron chi connectivity index (χ3n) is 3.81. The van der Waals surface area contributed by atoms with Gasteiger partial charge in [0.05, 0.1) is 0 Å². The second-order valence-electron chi connectivity index (χ2n) is 5.56. The maximum absolute atomic E-state index is 12.1. The Hall–Kier alpha value is -1.15. The van der Waals surface area contributed by atoms with Crippen LogP contribution in [0, 0.1) is 19.8 Å². The lowest BCUT2D eigenvalue weighted by atomic mass is 9.91. The van der Waals surface area contributed by atoms with E-state index in [1.54, 1.807) is 0 Å². The van der Waals surface area contributed by atoms with Crippen LogP contribution in [0.2, 0.25) is 0 Å². The summed E-state index contributed by atoms with van der Waals surface area (Å²) in [4.78, 5) is 12.1. The molecule has 0 radical (unpaired) electrons. The number of hydrogen-bond acceptors (Lipinski definition) is 2. The number of nitrogens with one attached hydrogen (secondary N) is 1.